The minimum Gasteiger partial charge on any atom is -0.379 e. The number of rotatable bonds is 5. The Morgan fingerprint density at radius 3 is 2.42 bits per heavy atom. The molecular weight excluding hydrogens is 410 g/mol. The number of carbonyl (C=O) groups excluding carboxylic acids is 1. The first-order valence-corrected chi connectivity index (χ1v) is 12.6. The summed E-state index contributed by atoms with van der Waals surface area (Å²) in [5, 5.41) is 0. The maximum atomic E-state index is 14.2. The van der Waals surface area contributed by atoms with Crippen molar-refractivity contribution < 1.29 is 13.7 Å². The lowest BCUT2D eigenvalue weighted by Crippen LogP contribution is -2.55. The van der Waals surface area contributed by atoms with Crippen LogP contribution in [0.4, 0.5) is 0 Å². The number of hydrogen-bond donors (Lipinski definition) is 1. The average molecular weight is 442 g/mol. The fourth-order valence-electron chi connectivity index (χ4n) is 4.42. The summed E-state index contributed by atoms with van der Waals surface area (Å²) in [6.45, 7) is 5.21. The molecule has 1 aliphatic carbocycles. The highest BCUT2D eigenvalue weighted by atomic mass is 32.2. The van der Waals surface area contributed by atoms with E-state index in [0.29, 0.717) is 10.5 Å². The van der Waals surface area contributed by atoms with Crippen molar-refractivity contribution in [2.75, 3.05) is 26.3 Å². The van der Waals surface area contributed by atoms with Crippen LogP contribution in [0.2, 0.25) is 0 Å². The Kier molecular flexibility index (Phi) is 7.17. The third-order valence-electron chi connectivity index (χ3n) is 6.13. The lowest BCUT2D eigenvalue weighted by molar-refractivity contribution is 0.00219. The van der Waals surface area contributed by atoms with Gasteiger partial charge in [0.15, 0.2) is 0 Å². The van der Waals surface area contributed by atoms with E-state index in [0.717, 1.165) is 57.6 Å². The van der Waals surface area contributed by atoms with Gasteiger partial charge in [0.25, 0.3) is 5.91 Å². The topological polar surface area (TPSA) is 71.0 Å². The van der Waals surface area contributed by atoms with Crippen LogP contribution in [0, 0.1) is 6.92 Å². The van der Waals surface area contributed by atoms with Crippen LogP contribution < -0.4 is 4.72 Å². The van der Waals surface area contributed by atoms with Crippen LogP contribution in [0.25, 0.3) is 0 Å². The number of nitrogens with zero attached hydrogens (tertiary/aromatic N) is 2. The Morgan fingerprint density at radius 2 is 1.71 bits per heavy atom. The summed E-state index contributed by atoms with van der Waals surface area (Å²) >= 11 is 0. The summed E-state index contributed by atoms with van der Waals surface area (Å²) in [5.41, 5.74) is 1.52. The minimum absolute atomic E-state index is 0.00739. The van der Waals surface area contributed by atoms with E-state index in [1.165, 1.54) is 0 Å². The zero-order valence-corrected chi connectivity index (χ0v) is 18.9. The summed E-state index contributed by atoms with van der Waals surface area (Å²) < 4.78 is 27.4. The Labute approximate surface area is 185 Å². The van der Waals surface area contributed by atoms with E-state index in [2.05, 4.69) is 14.0 Å². The molecule has 2 aromatic rings. The van der Waals surface area contributed by atoms with Gasteiger partial charge in [-0.15, -0.1) is 4.36 Å². The van der Waals surface area contributed by atoms with E-state index >= 15 is 0 Å². The Bertz CT molecular complexity index is 994. The second-order valence-corrected chi connectivity index (χ2v) is 10.3. The van der Waals surface area contributed by atoms with Gasteiger partial charge in [-0.3, -0.25) is 9.69 Å². The van der Waals surface area contributed by atoms with E-state index in [4.69, 9.17) is 4.74 Å². The van der Waals surface area contributed by atoms with E-state index in [9.17, 15) is 9.00 Å². The summed E-state index contributed by atoms with van der Waals surface area (Å²) in [7, 11) is -3.14. The van der Waals surface area contributed by atoms with E-state index in [1.54, 1.807) is 24.3 Å². The van der Waals surface area contributed by atoms with E-state index in [-0.39, 0.29) is 12.1 Å². The number of ether oxygens (including phenoxy) is 1. The highest BCUT2D eigenvalue weighted by Gasteiger charge is 2.33. The van der Waals surface area contributed by atoms with E-state index in [1.807, 2.05) is 37.3 Å². The van der Waals surface area contributed by atoms with Crippen LogP contribution in [0.15, 0.2) is 63.9 Å². The number of amides is 1. The molecule has 1 saturated carbocycles. The lowest BCUT2D eigenvalue weighted by atomic mass is 9.89. The number of aryl methyl sites for hydroxylation is 1. The zero-order chi connectivity index (χ0) is 21.7. The van der Waals surface area contributed by atoms with Crippen molar-refractivity contribution in [1.29, 1.82) is 0 Å². The normalized spacial score (nSPS) is 24.3. The molecule has 0 radical (unpaired) electrons. The molecule has 1 aliphatic heterocycles. The Morgan fingerprint density at radius 1 is 1.03 bits per heavy atom. The molecule has 0 spiro atoms. The molecule has 4 rings (SSSR count). The molecular formula is C24H31N3O3S. The van der Waals surface area contributed by atoms with Gasteiger partial charge in [-0.2, -0.15) is 0 Å². The van der Waals surface area contributed by atoms with Gasteiger partial charge in [0.05, 0.1) is 18.1 Å². The Hall–Kier alpha value is -2.06. The molecule has 0 bridgehead atoms. The molecule has 1 N–H and O–H groups in total. The quantitative estimate of drug-likeness (QED) is 0.766. The van der Waals surface area contributed by atoms with Crippen LogP contribution >= 0.6 is 0 Å². The molecule has 166 valence electrons. The minimum atomic E-state index is -3.14. The fourth-order valence-corrected chi connectivity index (χ4v) is 6.24. The summed E-state index contributed by atoms with van der Waals surface area (Å²) in [5.74, 6) is -0.461. The molecule has 1 unspecified atom stereocenters. The molecule has 2 fully saturated rings. The predicted octanol–water partition coefficient (Wildman–Crippen LogP) is 3.81. The maximum absolute atomic E-state index is 14.2. The second kappa shape index (κ2) is 10.0. The van der Waals surface area contributed by atoms with Crippen LogP contribution in [-0.2, 0) is 14.7 Å². The Balaban J connectivity index is 1.68. The molecule has 1 heterocycles. The summed E-state index contributed by atoms with van der Waals surface area (Å²) in [6.07, 6.45) is 4.20. The first kappa shape index (κ1) is 22.1. The van der Waals surface area contributed by atoms with Crippen LogP contribution in [0.5, 0.6) is 0 Å². The number of nitrogens with one attached hydrogen (secondary N) is 1. The van der Waals surface area contributed by atoms with Gasteiger partial charge in [0, 0.05) is 30.7 Å². The average Bonchev–Trinajstić information content (AvgIpc) is 2.81. The smallest absolute Gasteiger partial charge is 0.286 e. The van der Waals surface area contributed by atoms with Crippen molar-refractivity contribution in [3.05, 3.63) is 65.7 Å². The number of benzene rings is 2. The first-order valence-electron chi connectivity index (χ1n) is 11.1. The number of morpholine rings is 1. The monoisotopic (exact) mass is 441 g/mol. The molecule has 31 heavy (non-hydrogen) atoms. The molecule has 2 aromatic carbocycles. The number of carbonyl (C=O) groups is 1. The van der Waals surface area contributed by atoms with Gasteiger partial charge in [-0.25, -0.2) is 8.93 Å². The molecule has 2 aliphatic rings. The van der Waals surface area contributed by atoms with Crippen molar-refractivity contribution in [3.63, 3.8) is 0 Å². The van der Waals surface area contributed by atoms with Crippen LogP contribution in [0.3, 0.4) is 0 Å². The van der Waals surface area contributed by atoms with Gasteiger partial charge in [0.1, 0.15) is 9.92 Å². The van der Waals surface area contributed by atoms with Crippen LogP contribution in [-0.4, -0.2) is 53.4 Å². The lowest BCUT2D eigenvalue weighted by Gasteiger charge is -2.42. The van der Waals surface area contributed by atoms with Crippen molar-refractivity contribution in [3.8, 4) is 0 Å². The van der Waals surface area contributed by atoms with Gasteiger partial charge < -0.3 is 4.74 Å². The van der Waals surface area contributed by atoms with Crippen molar-refractivity contribution >= 4 is 15.8 Å². The molecule has 1 amide bonds. The summed E-state index contributed by atoms with van der Waals surface area (Å²) in [6, 6.07) is 16.6. The second-order valence-electron chi connectivity index (χ2n) is 8.33. The maximum Gasteiger partial charge on any atom is 0.286 e. The zero-order valence-electron chi connectivity index (χ0n) is 18.0. The highest BCUT2D eigenvalue weighted by Crippen LogP contribution is 2.26. The van der Waals surface area contributed by atoms with Crippen molar-refractivity contribution in [2.24, 2.45) is 4.36 Å². The largest absolute Gasteiger partial charge is 0.379 e. The first-order chi connectivity index (χ1) is 15.0. The predicted molar refractivity (Wildman–Crippen MR) is 122 cm³/mol. The third-order valence-corrected chi connectivity index (χ3v) is 8.08. The third kappa shape index (κ3) is 5.41. The van der Waals surface area contributed by atoms with Crippen LogP contribution in [0.1, 0.15) is 41.6 Å². The highest BCUT2D eigenvalue weighted by molar-refractivity contribution is 7.92. The van der Waals surface area contributed by atoms with Gasteiger partial charge >= 0.3 is 0 Å². The number of hydrogen-bond acceptors (Lipinski definition) is 4. The van der Waals surface area contributed by atoms with Gasteiger partial charge in [-0.1, -0.05) is 48.7 Å². The van der Waals surface area contributed by atoms with Crippen molar-refractivity contribution in [2.45, 2.75) is 49.6 Å². The van der Waals surface area contributed by atoms with E-state index < -0.39 is 15.8 Å². The van der Waals surface area contributed by atoms with Gasteiger partial charge in [0.2, 0.25) is 0 Å². The fraction of sp³-hybridized carbons (Fsp3) is 0.458. The SMILES string of the molecule is Cc1ccc(S(=O)(=NC(=O)c2ccccc2)N[C@H]2CCCC[C@@H]2N2CCOCC2)cc1. The standard InChI is InChI=1S/C24H31N3O3S/c1-19-11-13-21(14-12-19)31(29,26-24(28)20-7-3-2-4-8-20)25-22-9-5-6-10-23(22)27-15-17-30-18-16-27/h2-4,7-8,11-14,22-23H,5-6,9-10,15-18H2,1H3,(H,25,26,28,29)/t22-,23-,31?/m0/s1. The van der Waals surface area contributed by atoms with Gasteiger partial charge in [-0.05, 0) is 44.0 Å². The summed E-state index contributed by atoms with van der Waals surface area (Å²) in [4.78, 5) is 15.9. The van der Waals surface area contributed by atoms with Crippen molar-refractivity contribution in [1.82, 2.24) is 9.62 Å². The molecule has 1 saturated heterocycles. The molecule has 3 atom stereocenters. The molecule has 7 heteroatoms. The molecule has 0 aromatic heterocycles. The molecule has 6 nitrogen and oxygen atoms in total.